The minimum absolute atomic E-state index is 0.0209. The summed E-state index contributed by atoms with van der Waals surface area (Å²) in [6.45, 7) is -1.20. The SMILES string of the molecule is CCCS(=O)(=O)Nc1cccc(OC(F)F)c1. The molecule has 0 amide bonds. The molecule has 4 nitrogen and oxygen atoms in total. The number of ether oxygens (including phenoxy) is 1. The number of sulfonamides is 1. The lowest BCUT2D eigenvalue weighted by Gasteiger charge is -2.09. The fourth-order valence-corrected chi connectivity index (χ4v) is 2.36. The maximum Gasteiger partial charge on any atom is 0.387 e. The van der Waals surface area contributed by atoms with Crippen molar-refractivity contribution >= 4 is 15.7 Å². The van der Waals surface area contributed by atoms with E-state index in [-0.39, 0.29) is 17.2 Å². The quantitative estimate of drug-likeness (QED) is 0.859. The molecule has 0 heterocycles. The second-order valence-electron chi connectivity index (χ2n) is 3.33. The van der Waals surface area contributed by atoms with Gasteiger partial charge in [-0.25, -0.2) is 8.42 Å². The van der Waals surface area contributed by atoms with Crippen molar-refractivity contribution in [1.29, 1.82) is 0 Å². The number of hydrogen-bond acceptors (Lipinski definition) is 3. The summed E-state index contributed by atoms with van der Waals surface area (Å²) in [7, 11) is -3.42. The smallest absolute Gasteiger partial charge is 0.387 e. The Labute approximate surface area is 98.6 Å². The molecule has 7 heteroatoms. The van der Waals surface area contributed by atoms with E-state index in [2.05, 4.69) is 9.46 Å². The van der Waals surface area contributed by atoms with E-state index in [1.165, 1.54) is 24.3 Å². The topological polar surface area (TPSA) is 55.4 Å². The van der Waals surface area contributed by atoms with E-state index >= 15 is 0 Å². The third kappa shape index (κ3) is 4.99. The van der Waals surface area contributed by atoms with E-state index in [1.54, 1.807) is 6.92 Å². The summed E-state index contributed by atoms with van der Waals surface area (Å²) in [6, 6.07) is 5.43. The van der Waals surface area contributed by atoms with Crippen LogP contribution in [0.1, 0.15) is 13.3 Å². The van der Waals surface area contributed by atoms with Gasteiger partial charge in [0.2, 0.25) is 10.0 Å². The minimum atomic E-state index is -3.42. The first-order valence-electron chi connectivity index (χ1n) is 4.98. The second-order valence-corrected chi connectivity index (χ2v) is 5.17. The summed E-state index contributed by atoms with van der Waals surface area (Å²) < 4.78 is 53.2. The van der Waals surface area contributed by atoms with Gasteiger partial charge < -0.3 is 4.74 Å². The molecule has 0 aliphatic carbocycles. The standard InChI is InChI=1S/C10H13F2NO3S/c1-2-6-17(14,15)13-8-4-3-5-9(7-8)16-10(11)12/h3-5,7,10,13H,2,6H2,1H3. The zero-order valence-corrected chi connectivity index (χ0v) is 10.0. The Morgan fingerprint density at radius 3 is 2.71 bits per heavy atom. The van der Waals surface area contributed by atoms with E-state index < -0.39 is 16.6 Å². The molecule has 17 heavy (non-hydrogen) atoms. The van der Waals surface area contributed by atoms with Gasteiger partial charge in [-0.05, 0) is 18.6 Å². The normalized spacial score (nSPS) is 11.5. The molecule has 0 spiro atoms. The van der Waals surface area contributed by atoms with Crippen molar-refractivity contribution in [2.24, 2.45) is 0 Å². The zero-order valence-electron chi connectivity index (χ0n) is 9.19. The Morgan fingerprint density at radius 2 is 2.12 bits per heavy atom. The van der Waals surface area contributed by atoms with Crippen molar-refractivity contribution in [3.63, 3.8) is 0 Å². The van der Waals surface area contributed by atoms with Crippen molar-refractivity contribution in [3.8, 4) is 5.75 Å². The van der Waals surface area contributed by atoms with Crippen LogP contribution in [0.2, 0.25) is 0 Å². The van der Waals surface area contributed by atoms with E-state index in [0.717, 1.165) is 0 Å². The predicted octanol–water partition coefficient (Wildman–Crippen LogP) is 2.44. The van der Waals surface area contributed by atoms with Crippen molar-refractivity contribution in [1.82, 2.24) is 0 Å². The Balaban J connectivity index is 2.79. The largest absolute Gasteiger partial charge is 0.435 e. The molecular weight excluding hydrogens is 252 g/mol. The first kappa shape index (κ1) is 13.7. The third-order valence-corrected chi connectivity index (χ3v) is 3.30. The Bertz CT molecular complexity index is 462. The summed E-state index contributed by atoms with van der Waals surface area (Å²) >= 11 is 0. The van der Waals surface area contributed by atoms with Crippen LogP contribution in [0.5, 0.6) is 5.75 Å². The van der Waals surface area contributed by atoms with Gasteiger partial charge in [-0.15, -0.1) is 0 Å². The van der Waals surface area contributed by atoms with Crippen LogP contribution in [0.25, 0.3) is 0 Å². The van der Waals surface area contributed by atoms with Crippen LogP contribution in [-0.2, 0) is 10.0 Å². The molecular formula is C10H13F2NO3S. The summed E-state index contributed by atoms with van der Waals surface area (Å²) in [4.78, 5) is 0. The molecule has 0 saturated heterocycles. The van der Waals surface area contributed by atoms with Gasteiger partial charge in [0.1, 0.15) is 5.75 Å². The Morgan fingerprint density at radius 1 is 1.41 bits per heavy atom. The average molecular weight is 265 g/mol. The van der Waals surface area contributed by atoms with E-state index in [0.29, 0.717) is 6.42 Å². The van der Waals surface area contributed by atoms with Gasteiger partial charge in [-0.1, -0.05) is 13.0 Å². The van der Waals surface area contributed by atoms with Gasteiger partial charge in [0.05, 0.1) is 11.4 Å². The lowest BCUT2D eigenvalue weighted by Crippen LogP contribution is -2.16. The number of alkyl halides is 2. The lowest BCUT2D eigenvalue weighted by molar-refractivity contribution is -0.0497. The third-order valence-electron chi connectivity index (χ3n) is 1.81. The van der Waals surface area contributed by atoms with Crippen molar-refractivity contribution in [2.75, 3.05) is 10.5 Å². The number of hydrogen-bond donors (Lipinski definition) is 1. The van der Waals surface area contributed by atoms with E-state index in [4.69, 9.17) is 0 Å². The maximum absolute atomic E-state index is 11.9. The van der Waals surface area contributed by atoms with Gasteiger partial charge in [0.25, 0.3) is 0 Å². The molecule has 0 aliphatic rings. The van der Waals surface area contributed by atoms with Gasteiger partial charge in [0.15, 0.2) is 0 Å². The molecule has 0 aromatic heterocycles. The van der Waals surface area contributed by atoms with Gasteiger partial charge >= 0.3 is 6.61 Å². The fourth-order valence-electron chi connectivity index (χ4n) is 1.24. The van der Waals surface area contributed by atoms with Gasteiger partial charge in [-0.2, -0.15) is 8.78 Å². The molecule has 0 fully saturated rings. The second kappa shape index (κ2) is 5.81. The monoisotopic (exact) mass is 265 g/mol. The van der Waals surface area contributed by atoms with Crippen molar-refractivity contribution in [3.05, 3.63) is 24.3 Å². The fraction of sp³-hybridized carbons (Fsp3) is 0.400. The van der Waals surface area contributed by atoms with Crippen molar-refractivity contribution in [2.45, 2.75) is 20.0 Å². The molecule has 0 aliphatic heterocycles. The highest BCUT2D eigenvalue weighted by Crippen LogP contribution is 2.20. The molecule has 96 valence electrons. The van der Waals surface area contributed by atoms with Crippen LogP contribution in [0.4, 0.5) is 14.5 Å². The first-order valence-corrected chi connectivity index (χ1v) is 6.63. The highest BCUT2D eigenvalue weighted by molar-refractivity contribution is 7.92. The summed E-state index contributed by atoms with van der Waals surface area (Å²) in [5, 5.41) is 0. The Hall–Kier alpha value is -1.37. The van der Waals surface area contributed by atoms with E-state index in [1.807, 2.05) is 0 Å². The van der Waals surface area contributed by atoms with Crippen molar-refractivity contribution < 1.29 is 21.9 Å². The van der Waals surface area contributed by atoms with Crippen LogP contribution < -0.4 is 9.46 Å². The number of nitrogens with one attached hydrogen (secondary N) is 1. The number of halogens is 2. The molecule has 1 aromatic rings. The summed E-state index contributed by atoms with van der Waals surface area (Å²) in [6.07, 6.45) is 0.475. The average Bonchev–Trinajstić information content (AvgIpc) is 2.15. The van der Waals surface area contributed by atoms with Crippen LogP contribution in [0.15, 0.2) is 24.3 Å². The Kier molecular flexibility index (Phi) is 4.68. The predicted molar refractivity (Wildman–Crippen MR) is 60.8 cm³/mol. The molecule has 0 radical (unpaired) electrons. The lowest BCUT2D eigenvalue weighted by atomic mass is 10.3. The van der Waals surface area contributed by atoms with Crippen LogP contribution in [0.3, 0.4) is 0 Å². The first-order chi connectivity index (χ1) is 7.93. The zero-order chi connectivity index (χ0) is 12.9. The molecule has 0 atom stereocenters. The van der Waals surface area contributed by atoms with Crippen LogP contribution in [0, 0.1) is 0 Å². The maximum atomic E-state index is 11.9. The number of anilines is 1. The molecule has 1 N–H and O–H groups in total. The molecule has 0 bridgehead atoms. The molecule has 1 rings (SSSR count). The summed E-state index contributed by atoms with van der Waals surface area (Å²) in [5.74, 6) is -0.107. The summed E-state index contributed by atoms with van der Waals surface area (Å²) in [5.41, 5.74) is 0.205. The number of rotatable bonds is 6. The molecule has 0 unspecified atom stereocenters. The minimum Gasteiger partial charge on any atom is -0.435 e. The molecule has 1 aromatic carbocycles. The van der Waals surface area contributed by atoms with Crippen LogP contribution >= 0.6 is 0 Å². The van der Waals surface area contributed by atoms with Gasteiger partial charge in [-0.3, -0.25) is 4.72 Å². The highest BCUT2D eigenvalue weighted by Gasteiger charge is 2.10. The molecule has 0 saturated carbocycles. The highest BCUT2D eigenvalue weighted by atomic mass is 32.2. The van der Waals surface area contributed by atoms with Crippen LogP contribution in [-0.4, -0.2) is 20.8 Å². The van der Waals surface area contributed by atoms with Gasteiger partial charge in [0, 0.05) is 6.07 Å². The van der Waals surface area contributed by atoms with E-state index in [9.17, 15) is 17.2 Å². The number of benzene rings is 1.